The van der Waals surface area contributed by atoms with Crippen molar-refractivity contribution in [2.45, 2.75) is 259 Å². The summed E-state index contributed by atoms with van der Waals surface area (Å²) in [5, 5.41) is 18.0. The van der Waals surface area contributed by atoms with E-state index in [4.69, 9.17) is 18.9 Å². The number of ether oxygens (including phenoxy) is 4. The number of rotatable bonds is 12. The molecule has 6 rings (SSSR count). The van der Waals surface area contributed by atoms with E-state index in [0.717, 1.165) is 85.1 Å². The van der Waals surface area contributed by atoms with Crippen LogP contribution in [-0.2, 0) is 0 Å². The van der Waals surface area contributed by atoms with Crippen LogP contribution in [0.2, 0.25) is 0 Å². The van der Waals surface area contributed by atoms with Gasteiger partial charge < -0.3 is 40.2 Å². The number of benzene rings is 2. The third-order valence-electron chi connectivity index (χ3n) is 16.3. The van der Waals surface area contributed by atoms with Crippen molar-refractivity contribution in [3.63, 3.8) is 0 Å². The van der Waals surface area contributed by atoms with Crippen molar-refractivity contribution >= 4 is 10.8 Å². The van der Waals surface area contributed by atoms with E-state index in [1.807, 2.05) is 0 Å². The highest BCUT2D eigenvalue weighted by molar-refractivity contribution is 5.96. The quantitative estimate of drug-likeness (QED) is 0.168. The summed E-state index contributed by atoms with van der Waals surface area (Å²) in [6, 6.07) is 8.85. The van der Waals surface area contributed by atoms with Crippen LogP contribution in [0.15, 0.2) is 24.3 Å². The number of hydrogen-bond donors (Lipinski definition) is 4. The highest BCUT2D eigenvalue weighted by Gasteiger charge is 2.47. The van der Waals surface area contributed by atoms with Crippen LogP contribution < -0.4 is 40.2 Å². The van der Waals surface area contributed by atoms with E-state index in [1.165, 1.54) is 0 Å². The molecule has 0 amide bonds. The van der Waals surface area contributed by atoms with Crippen LogP contribution in [0.4, 0.5) is 0 Å². The molecule has 352 valence electrons. The Morgan fingerprint density at radius 2 is 0.613 bits per heavy atom. The Kier molecular flexibility index (Phi) is 13.4. The average Bonchev–Trinajstić information content (AvgIpc) is 3.04. The number of fused-ring (bicyclic) bond motifs is 1. The minimum Gasteiger partial charge on any atom is -0.490 e. The molecule has 4 N–H and O–H groups in total. The molecule has 0 radical (unpaired) electrons. The summed E-state index contributed by atoms with van der Waals surface area (Å²) in [5.74, 6) is 5.14. The van der Waals surface area contributed by atoms with Gasteiger partial charge in [0.1, 0.15) is 47.4 Å². The molecule has 4 fully saturated rings. The molecule has 2 aromatic carbocycles. The van der Waals surface area contributed by atoms with Crippen LogP contribution in [0.1, 0.15) is 190 Å². The molecule has 8 atom stereocenters. The second kappa shape index (κ2) is 16.9. The SMILES string of the molecule is CC(C)C1(C)CC(Oc2cc(OC3CC(C)(C)NC(C)(C(C)C)C3)c3c(OC4CC(C)(C)NC(C)(C(C)C)C4)cc(OC4CC(C)(C)NC(C)(C(C)C)C4)cc3c2)CC(C)(C)N1. The van der Waals surface area contributed by atoms with Gasteiger partial charge in [-0.2, -0.15) is 0 Å². The van der Waals surface area contributed by atoms with Crippen molar-refractivity contribution in [3.8, 4) is 23.0 Å². The maximum Gasteiger partial charge on any atom is 0.134 e. The molecule has 0 aliphatic carbocycles. The van der Waals surface area contributed by atoms with Crippen LogP contribution >= 0.6 is 0 Å². The lowest BCUT2D eigenvalue weighted by Gasteiger charge is -2.50. The Balaban J connectivity index is 1.51. The summed E-state index contributed by atoms with van der Waals surface area (Å²) in [6.07, 6.45) is 7.35. The lowest BCUT2D eigenvalue weighted by Crippen LogP contribution is -2.63. The van der Waals surface area contributed by atoms with Crippen LogP contribution in [0.3, 0.4) is 0 Å². The summed E-state index contributed by atoms with van der Waals surface area (Å²) in [4.78, 5) is 0. The van der Waals surface area contributed by atoms with Gasteiger partial charge in [0.2, 0.25) is 0 Å². The van der Waals surface area contributed by atoms with Crippen molar-refractivity contribution in [2.75, 3.05) is 0 Å². The first kappa shape index (κ1) is 49.2. The summed E-state index contributed by atoms with van der Waals surface area (Å²) < 4.78 is 29.3. The van der Waals surface area contributed by atoms with E-state index >= 15 is 0 Å². The molecular weight excluding hydrogens is 769 g/mol. The topological polar surface area (TPSA) is 85.0 Å². The maximum absolute atomic E-state index is 7.45. The second-order valence-corrected chi connectivity index (χ2v) is 25.9. The van der Waals surface area contributed by atoms with E-state index in [9.17, 15) is 0 Å². The fourth-order valence-corrected chi connectivity index (χ4v) is 12.3. The van der Waals surface area contributed by atoms with Crippen LogP contribution in [0.25, 0.3) is 10.8 Å². The van der Waals surface area contributed by atoms with Gasteiger partial charge in [-0.1, -0.05) is 55.4 Å². The maximum atomic E-state index is 7.45. The zero-order chi connectivity index (χ0) is 46.2. The van der Waals surface area contributed by atoms with Crippen LogP contribution in [0.5, 0.6) is 23.0 Å². The highest BCUT2D eigenvalue weighted by atomic mass is 16.5. The van der Waals surface area contributed by atoms with Crippen molar-refractivity contribution in [3.05, 3.63) is 24.3 Å². The lowest BCUT2D eigenvalue weighted by atomic mass is 9.74. The molecular formula is C54H92N4O4. The molecule has 8 unspecified atom stereocenters. The van der Waals surface area contributed by atoms with Gasteiger partial charge in [-0.15, -0.1) is 0 Å². The van der Waals surface area contributed by atoms with E-state index in [1.54, 1.807) is 0 Å². The number of piperidine rings is 4. The van der Waals surface area contributed by atoms with E-state index in [2.05, 4.69) is 184 Å². The lowest BCUT2D eigenvalue weighted by molar-refractivity contribution is 0.0241. The third kappa shape index (κ3) is 11.0. The molecule has 4 heterocycles. The molecule has 8 nitrogen and oxygen atoms in total. The van der Waals surface area contributed by atoms with Gasteiger partial charge in [0.25, 0.3) is 0 Å². The van der Waals surface area contributed by atoms with Crippen molar-refractivity contribution in [2.24, 2.45) is 23.7 Å². The molecule has 2 aromatic rings. The van der Waals surface area contributed by atoms with Crippen molar-refractivity contribution in [1.82, 2.24) is 21.3 Å². The average molecular weight is 861 g/mol. The molecule has 0 aromatic heterocycles. The van der Waals surface area contributed by atoms with Gasteiger partial charge in [0.15, 0.2) is 0 Å². The van der Waals surface area contributed by atoms with Crippen LogP contribution in [-0.4, -0.2) is 68.7 Å². The largest absolute Gasteiger partial charge is 0.490 e. The van der Waals surface area contributed by atoms with Crippen LogP contribution in [0, 0.1) is 23.7 Å². The highest BCUT2D eigenvalue weighted by Crippen LogP contribution is 2.47. The predicted molar refractivity (Wildman–Crippen MR) is 260 cm³/mol. The molecule has 4 aliphatic heterocycles. The Bertz CT molecular complexity index is 1770. The molecule has 0 spiro atoms. The summed E-state index contributed by atoms with van der Waals surface area (Å²) in [5.41, 5.74) is -0.571. The fourth-order valence-electron chi connectivity index (χ4n) is 12.3. The van der Waals surface area contributed by atoms with Gasteiger partial charge in [-0.25, -0.2) is 0 Å². The molecule has 4 aliphatic rings. The third-order valence-corrected chi connectivity index (χ3v) is 16.3. The first-order valence-electron chi connectivity index (χ1n) is 24.7. The summed E-state index contributed by atoms with van der Waals surface area (Å²) >= 11 is 0. The Labute approximate surface area is 379 Å². The summed E-state index contributed by atoms with van der Waals surface area (Å²) in [6.45, 7) is 46.6. The number of nitrogens with one attached hydrogen (secondary N) is 4. The Morgan fingerprint density at radius 3 is 0.855 bits per heavy atom. The number of hydrogen-bond acceptors (Lipinski definition) is 8. The zero-order valence-electron chi connectivity index (χ0n) is 43.2. The second-order valence-electron chi connectivity index (χ2n) is 25.9. The molecule has 8 heteroatoms. The molecule has 4 saturated heterocycles. The fraction of sp³-hybridized carbons (Fsp3) is 0.815. The molecule has 0 saturated carbocycles. The predicted octanol–water partition coefficient (Wildman–Crippen LogP) is 12.1. The van der Waals surface area contributed by atoms with Gasteiger partial charge in [-0.05, 0) is 124 Å². The molecule has 0 bridgehead atoms. The van der Waals surface area contributed by atoms with Gasteiger partial charge >= 0.3 is 0 Å². The smallest absolute Gasteiger partial charge is 0.134 e. The zero-order valence-corrected chi connectivity index (χ0v) is 43.2. The standard InChI is InChI=1S/C54H92N4O4/c1-33(2)51(17)29-40(25-47(9,10)55-51)59-38-21-37-22-39(60-41-26-48(11,12)56-52(18,30-41)34(3)4)24-45(62-43-28-50(15,16)58-54(20,32-43)36(7)8)46(37)44(23-38)61-42-27-49(13,14)57-53(19,31-42)35(5)6/h21-24,33-36,40-43,55-58H,25-32H2,1-20H3. The minimum atomic E-state index is -0.0940. The van der Waals surface area contributed by atoms with Gasteiger partial charge in [0, 0.05) is 108 Å². The Morgan fingerprint density at radius 1 is 0.371 bits per heavy atom. The monoisotopic (exact) mass is 861 g/mol. The van der Waals surface area contributed by atoms with Crippen molar-refractivity contribution < 1.29 is 18.9 Å². The van der Waals surface area contributed by atoms with E-state index in [0.29, 0.717) is 23.7 Å². The minimum absolute atomic E-state index is 0.00403. The Hall–Kier alpha value is -2.26. The van der Waals surface area contributed by atoms with Crippen molar-refractivity contribution in [1.29, 1.82) is 0 Å². The van der Waals surface area contributed by atoms with E-state index in [-0.39, 0.29) is 68.7 Å². The van der Waals surface area contributed by atoms with Gasteiger partial charge in [-0.3, -0.25) is 0 Å². The first-order valence-corrected chi connectivity index (χ1v) is 24.7. The summed E-state index contributed by atoms with van der Waals surface area (Å²) in [7, 11) is 0. The first-order chi connectivity index (χ1) is 28.2. The normalized spacial score (nSPS) is 35.7. The molecule has 62 heavy (non-hydrogen) atoms. The van der Waals surface area contributed by atoms with E-state index < -0.39 is 0 Å². The van der Waals surface area contributed by atoms with Gasteiger partial charge in [0.05, 0.1) is 5.39 Å².